The Balaban J connectivity index is 2.11. The van der Waals surface area contributed by atoms with Gasteiger partial charge in [0, 0.05) is 32.5 Å². The molecule has 1 aliphatic rings. The number of ether oxygens (including phenoxy) is 1. The zero-order valence-corrected chi connectivity index (χ0v) is 11.4. The predicted molar refractivity (Wildman–Crippen MR) is 74.0 cm³/mol. The molecular formula is C14H23N3O. The molecule has 0 unspecified atom stereocenters. The van der Waals surface area contributed by atoms with Crippen LogP contribution in [0.2, 0.25) is 0 Å². The molecule has 2 N–H and O–H groups in total. The highest BCUT2D eigenvalue weighted by atomic mass is 16.5. The van der Waals surface area contributed by atoms with Gasteiger partial charge in [-0.1, -0.05) is 6.07 Å². The van der Waals surface area contributed by atoms with Crippen molar-refractivity contribution >= 4 is 5.82 Å². The second-order valence-corrected chi connectivity index (χ2v) is 4.98. The maximum absolute atomic E-state index is 5.57. The molecule has 0 bridgehead atoms. The van der Waals surface area contributed by atoms with Crippen LogP contribution in [-0.4, -0.2) is 37.8 Å². The third kappa shape index (κ3) is 3.00. The molecule has 2 rings (SSSR count). The molecule has 4 nitrogen and oxygen atoms in total. The summed E-state index contributed by atoms with van der Waals surface area (Å²) in [6.45, 7) is 4.52. The van der Waals surface area contributed by atoms with Crippen LogP contribution in [0.4, 0.5) is 5.82 Å². The van der Waals surface area contributed by atoms with Gasteiger partial charge in [-0.3, -0.25) is 0 Å². The number of anilines is 1. The number of aromatic nitrogens is 1. The van der Waals surface area contributed by atoms with Crippen molar-refractivity contribution in [3.05, 3.63) is 23.4 Å². The minimum Gasteiger partial charge on any atom is -0.381 e. The molecule has 2 heterocycles. The first-order valence-corrected chi connectivity index (χ1v) is 6.68. The molecule has 1 fully saturated rings. The number of hydrogen-bond donors (Lipinski definition) is 1. The number of pyridine rings is 1. The van der Waals surface area contributed by atoms with Crippen molar-refractivity contribution in [1.29, 1.82) is 0 Å². The van der Waals surface area contributed by atoms with E-state index in [1.807, 2.05) is 6.20 Å². The van der Waals surface area contributed by atoms with Gasteiger partial charge in [-0.05, 0) is 43.9 Å². The summed E-state index contributed by atoms with van der Waals surface area (Å²) < 4.78 is 5.41. The molecule has 1 aliphatic heterocycles. The summed E-state index contributed by atoms with van der Waals surface area (Å²) in [5.74, 6) is 1.09. The SMILES string of the molecule is Cc1cc(CCN)cnc1N(C)C1CCOCC1. The van der Waals surface area contributed by atoms with Crippen molar-refractivity contribution in [2.45, 2.75) is 32.2 Å². The average Bonchev–Trinajstić information content (AvgIpc) is 2.40. The molecule has 1 aromatic heterocycles. The van der Waals surface area contributed by atoms with Gasteiger partial charge in [-0.2, -0.15) is 0 Å². The van der Waals surface area contributed by atoms with Crippen LogP contribution >= 0.6 is 0 Å². The molecule has 1 aromatic rings. The highest BCUT2D eigenvalue weighted by molar-refractivity contribution is 5.47. The van der Waals surface area contributed by atoms with Crippen molar-refractivity contribution in [2.24, 2.45) is 5.73 Å². The first kappa shape index (κ1) is 13.3. The smallest absolute Gasteiger partial charge is 0.131 e. The largest absolute Gasteiger partial charge is 0.381 e. The van der Waals surface area contributed by atoms with Crippen LogP contribution in [0.25, 0.3) is 0 Å². The van der Waals surface area contributed by atoms with Crippen molar-refractivity contribution in [3.8, 4) is 0 Å². The minimum atomic E-state index is 0.547. The van der Waals surface area contributed by atoms with E-state index in [-0.39, 0.29) is 0 Å². The molecule has 0 radical (unpaired) electrons. The normalized spacial score (nSPS) is 16.8. The van der Waals surface area contributed by atoms with Crippen LogP contribution in [-0.2, 0) is 11.2 Å². The van der Waals surface area contributed by atoms with Gasteiger partial charge >= 0.3 is 0 Å². The van der Waals surface area contributed by atoms with E-state index in [1.165, 1.54) is 11.1 Å². The Labute approximate surface area is 109 Å². The summed E-state index contributed by atoms with van der Waals surface area (Å²) in [6, 6.07) is 2.75. The van der Waals surface area contributed by atoms with Gasteiger partial charge in [0.2, 0.25) is 0 Å². The predicted octanol–water partition coefficient (Wildman–Crippen LogP) is 1.51. The summed E-state index contributed by atoms with van der Waals surface area (Å²) in [5.41, 5.74) is 8.03. The molecule has 0 aliphatic carbocycles. The zero-order valence-electron chi connectivity index (χ0n) is 11.4. The number of rotatable bonds is 4. The van der Waals surface area contributed by atoms with Crippen molar-refractivity contribution in [2.75, 3.05) is 31.7 Å². The van der Waals surface area contributed by atoms with Crippen LogP contribution in [0.5, 0.6) is 0 Å². The van der Waals surface area contributed by atoms with E-state index in [0.717, 1.165) is 38.3 Å². The highest BCUT2D eigenvalue weighted by Crippen LogP contribution is 2.23. The van der Waals surface area contributed by atoms with Crippen molar-refractivity contribution in [3.63, 3.8) is 0 Å². The monoisotopic (exact) mass is 249 g/mol. The lowest BCUT2D eigenvalue weighted by Gasteiger charge is -2.33. The Hall–Kier alpha value is -1.13. The van der Waals surface area contributed by atoms with E-state index >= 15 is 0 Å². The van der Waals surface area contributed by atoms with Gasteiger partial charge in [0.1, 0.15) is 5.82 Å². The number of aryl methyl sites for hydroxylation is 1. The molecule has 100 valence electrons. The van der Waals surface area contributed by atoms with Crippen molar-refractivity contribution < 1.29 is 4.74 Å². The fourth-order valence-corrected chi connectivity index (χ4v) is 2.54. The van der Waals surface area contributed by atoms with E-state index in [9.17, 15) is 0 Å². The summed E-state index contributed by atoms with van der Waals surface area (Å²) >= 11 is 0. The van der Waals surface area contributed by atoms with Crippen LogP contribution in [0, 0.1) is 6.92 Å². The fourth-order valence-electron chi connectivity index (χ4n) is 2.54. The topological polar surface area (TPSA) is 51.4 Å². The molecule has 0 saturated carbocycles. The molecule has 1 saturated heterocycles. The number of nitrogens with two attached hydrogens (primary N) is 1. The molecule has 0 amide bonds. The second-order valence-electron chi connectivity index (χ2n) is 4.98. The van der Waals surface area contributed by atoms with Gasteiger partial charge in [0.15, 0.2) is 0 Å². The van der Waals surface area contributed by atoms with E-state index in [0.29, 0.717) is 12.6 Å². The third-order valence-corrected chi connectivity index (χ3v) is 3.61. The van der Waals surface area contributed by atoms with Gasteiger partial charge in [-0.25, -0.2) is 4.98 Å². The van der Waals surface area contributed by atoms with Crippen molar-refractivity contribution in [1.82, 2.24) is 4.98 Å². The summed E-state index contributed by atoms with van der Waals surface area (Å²) in [7, 11) is 2.13. The lowest BCUT2D eigenvalue weighted by molar-refractivity contribution is 0.0853. The molecule has 0 aromatic carbocycles. The third-order valence-electron chi connectivity index (χ3n) is 3.61. The van der Waals surface area contributed by atoms with Gasteiger partial charge in [0.25, 0.3) is 0 Å². The first-order chi connectivity index (χ1) is 8.72. The van der Waals surface area contributed by atoms with E-state index in [4.69, 9.17) is 10.5 Å². The summed E-state index contributed by atoms with van der Waals surface area (Å²) in [6.07, 6.45) is 5.02. The Bertz CT molecular complexity index is 389. The highest BCUT2D eigenvalue weighted by Gasteiger charge is 2.20. The van der Waals surface area contributed by atoms with Crippen LogP contribution in [0.1, 0.15) is 24.0 Å². The van der Waals surface area contributed by atoms with Gasteiger partial charge in [-0.15, -0.1) is 0 Å². The van der Waals surface area contributed by atoms with E-state index < -0.39 is 0 Å². The maximum Gasteiger partial charge on any atom is 0.131 e. The fraction of sp³-hybridized carbons (Fsp3) is 0.643. The second kappa shape index (κ2) is 6.16. The molecule has 18 heavy (non-hydrogen) atoms. The first-order valence-electron chi connectivity index (χ1n) is 6.68. The van der Waals surface area contributed by atoms with Gasteiger partial charge < -0.3 is 15.4 Å². The standard InChI is InChI=1S/C14H23N3O/c1-11-9-12(3-6-15)10-16-14(11)17(2)13-4-7-18-8-5-13/h9-10,13H,3-8,15H2,1-2H3. The summed E-state index contributed by atoms with van der Waals surface area (Å²) in [4.78, 5) is 6.90. The van der Waals surface area contributed by atoms with E-state index in [1.54, 1.807) is 0 Å². The Morgan fingerprint density at radius 3 is 2.78 bits per heavy atom. The average molecular weight is 249 g/mol. The lowest BCUT2D eigenvalue weighted by Crippen LogP contribution is -2.37. The van der Waals surface area contributed by atoms with E-state index in [2.05, 4.69) is 29.9 Å². The molecule has 0 atom stereocenters. The maximum atomic E-state index is 5.57. The lowest BCUT2D eigenvalue weighted by atomic mass is 10.1. The Morgan fingerprint density at radius 1 is 1.44 bits per heavy atom. The molecule has 0 spiro atoms. The Morgan fingerprint density at radius 2 is 2.17 bits per heavy atom. The molecule has 4 heteroatoms. The number of hydrogen-bond acceptors (Lipinski definition) is 4. The zero-order chi connectivity index (χ0) is 13.0. The quantitative estimate of drug-likeness (QED) is 0.878. The van der Waals surface area contributed by atoms with Crippen LogP contribution in [0.3, 0.4) is 0 Å². The van der Waals surface area contributed by atoms with Crippen LogP contribution < -0.4 is 10.6 Å². The number of nitrogens with zero attached hydrogens (tertiary/aromatic N) is 2. The van der Waals surface area contributed by atoms with Gasteiger partial charge in [0.05, 0.1) is 0 Å². The summed E-state index contributed by atoms with van der Waals surface area (Å²) in [5, 5.41) is 0. The minimum absolute atomic E-state index is 0.547. The van der Waals surface area contributed by atoms with Crippen LogP contribution in [0.15, 0.2) is 12.3 Å². The molecular weight excluding hydrogens is 226 g/mol. The Kier molecular flexibility index (Phi) is 4.55.